The van der Waals surface area contributed by atoms with Gasteiger partial charge in [-0.1, -0.05) is 12.1 Å². The van der Waals surface area contributed by atoms with Gasteiger partial charge in [-0.15, -0.1) is 0 Å². The number of methoxy groups -OCH3 is 3. The number of ether oxygens (including phenoxy) is 3. The quantitative estimate of drug-likeness (QED) is 0.623. The molecule has 3 rings (SSSR count). The monoisotopic (exact) mass is 383 g/mol. The van der Waals surface area contributed by atoms with E-state index >= 15 is 0 Å². The third kappa shape index (κ3) is 4.19. The van der Waals surface area contributed by atoms with E-state index in [1.165, 1.54) is 0 Å². The van der Waals surface area contributed by atoms with Gasteiger partial charge in [-0.3, -0.25) is 4.79 Å². The lowest BCUT2D eigenvalue weighted by molar-refractivity contribution is -0.121. The minimum absolute atomic E-state index is 0.0540. The number of benzene rings is 2. The Kier molecular flexibility index (Phi) is 6.03. The molecule has 148 valence electrons. The molecule has 0 spiro atoms. The number of aromatic amines is 1. The molecule has 0 aliphatic rings. The molecule has 1 atom stereocenters. The predicted molar refractivity (Wildman–Crippen MR) is 107 cm³/mol. The van der Waals surface area contributed by atoms with E-state index in [1.54, 1.807) is 21.3 Å². The first kappa shape index (κ1) is 19.5. The number of nitrogens with one attached hydrogen (secondary N) is 2. The van der Waals surface area contributed by atoms with Crippen LogP contribution >= 0.6 is 0 Å². The van der Waals surface area contributed by atoms with Gasteiger partial charge in [0.05, 0.1) is 38.4 Å². The van der Waals surface area contributed by atoms with E-state index < -0.39 is 0 Å². The standard InChI is InChI=1S/C21H25N3O4/c1-13(14-11-17(26-2)21(28-4)18(12-14)27-3)22-20(25)10-9-19-23-15-7-5-6-8-16(15)24-19/h5-8,11-13H,9-10H2,1-4H3,(H,22,25)(H,23,24). The molecular formula is C21H25N3O4. The number of fused-ring (bicyclic) bond motifs is 1. The van der Waals surface area contributed by atoms with Crippen molar-refractivity contribution in [2.24, 2.45) is 0 Å². The van der Waals surface area contributed by atoms with Gasteiger partial charge in [0.25, 0.3) is 0 Å². The molecule has 0 bridgehead atoms. The Morgan fingerprint density at radius 3 is 2.39 bits per heavy atom. The van der Waals surface area contributed by atoms with Crippen LogP contribution in [0.2, 0.25) is 0 Å². The Balaban J connectivity index is 1.65. The number of hydrogen-bond donors (Lipinski definition) is 2. The second kappa shape index (κ2) is 8.65. The highest BCUT2D eigenvalue weighted by atomic mass is 16.5. The van der Waals surface area contributed by atoms with Gasteiger partial charge in [0.2, 0.25) is 11.7 Å². The van der Waals surface area contributed by atoms with Crippen LogP contribution in [-0.2, 0) is 11.2 Å². The summed E-state index contributed by atoms with van der Waals surface area (Å²) in [5.41, 5.74) is 2.75. The molecule has 1 unspecified atom stereocenters. The Hall–Kier alpha value is -3.22. The number of carbonyl (C=O) groups excluding carboxylic acids is 1. The molecule has 2 aromatic carbocycles. The number of para-hydroxylation sites is 2. The lowest BCUT2D eigenvalue weighted by Gasteiger charge is -2.18. The Morgan fingerprint density at radius 1 is 1.11 bits per heavy atom. The van der Waals surface area contributed by atoms with Gasteiger partial charge >= 0.3 is 0 Å². The summed E-state index contributed by atoms with van der Waals surface area (Å²) in [6.07, 6.45) is 0.886. The third-order valence-corrected chi connectivity index (χ3v) is 4.59. The molecule has 0 saturated heterocycles. The number of carbonyl (C=O) groups is 1. The molecule has 0 saturated carbocycles. The first-order valence-corrected chi connectivity index (χ1v) is 9.08. The topological polar surface area (TPSA) is 85.5 Å². The number of aromatic nitrogens is 2. The van der Waals surface area contributed by atoms with Crippen LogP contribution in [0, 0.1) is 0 Å². The molecular weight excluding hydrogens is 358 g/mol. The van der Waals surface area contributed by atoms with Crippen LogP contribution in [0.3, 0.4) is 0 Å². The van der Waals surface area contributed by atoms with Crippen molar-refractivity contribution in [2.75, 3.05) is 21.3 Å². The van der Waals surface area contributed by atoms with Crippen LogP contribution in [-0.4, -0.2) is 37.2 Å². The average Bonchev–Trinajstić information content (AvgIpc) is 3.14. The van der Waals surface area contributed by atoms with Gasteiger partial charge in [0.15, 0.2) is 11.5 Å². The number of imidazole rings is 1. The first-order valence-electron chi connectivity index (χ1n) is 9.08. The van der Waals surface area contributed by atoms with Gasteiger partial charge in [0, 0.05) is 12.8 Å². The van der Waals surface area contributed by atoms with Gasteiger partial charge in [-0.2, -0.15) is 0 Å². The van der Waals surface area contributed by atoms with Gasteiger partial charge < -0.3 is 24.5 Å². The number of H-pyrrole nitrogens is 1. The van der Waals surface area contributed by atoms with Crippen LogP contribution in [0.25, 0.3) is 11.0 Å². The maximum Gasteiger partial charge on any atom is 0.220 e. The fourth-order valence-corrected chi connectivity index (χ4v) is 3.10. The van der Waals surface area contributed by atoms with Crippen molar-refractivity contribution >= 4 is 16.9 Å². The fourth-order valence-electron chi connectivity index (χ4n) is 3.10. The van der Waals surface area contributed by atoms with E-state index in [4.69, 9.17) is 14.2 Å². The summed E-state index contributed by atoms with van der Waals surface area (Å²) < 4.78 is 16.1. The van der Waals surface area contributed by atoms with E-state index in [1.807, 2.05) is 43.3 Å². The highest BCUT2D eigenvalue weighted by Crippen LogP contribution is 2.39. The largest absolute Gasteiger partial charge is 0.493 e. The summed E-state index contributed by atoms with van der Waals surface area (Å²) in [7, 11) is 4.69. The maximum atomic E-state index is 12.4. The van der Waals surface area contributed by atoms with E-state index in [9.17, 15) is 4.79 Å². The third-order valence-electron chi connectivity index (χ3n) is 4.59. The van der Waals surface area contributed by atoms with Gasteiger partial charge in [0.1, 0.15) is 5.82 Å². The Morgan fingerprint density at radius 2 is 1.79 bits per heavy atom. The highest BCUT2D eigenvalue weighted by molar-refractivity contribution is 5.77. The van der Waals surface area contributed by atoms with Crippen molar-refractivity contribution in [2.45, 2.75) is 25.8 Å². The van der Waals surface area contributed by atoms with Crippen LogP contribution in [0.15, 0.2) is 36.4 Å². The van der Waals surface area contributed by atoms with Crippen molar-refractivity contribution in [1.29, 1.82) is 0 Å². The van der Waals surface area contributed by atoms with Gasteiger partial charge in [-0.05, 0) is 36.8 Å². The summed E-state index contributed by atoms with van der Waals surface area (Å²) >= 11 is 0. The van der Waals surface area contributed by atoms with Crippen LogP contribution in [0.5, 0.6) is 17.2 Å². The predicted octanol–water partition coefficient (Wildman–Crippen LogP) is 3.40. The molecule has 2 N–H and O–H groups in total. The average molecular weight is 383 g/mol. The van der Waals surface area contributed by atoms with E-state index in [0.29, 0.717) is 30.1 Å². The second-order valence-electron chi connectivity index (χ2n) is 6.45. The SMILES string of the molecule is COc1cc(C(C)NC(=O)CCc2nc3ccccc3[nH]2)cc(OC)c1OC. The number of nitrogens with zero attached hydrogens (tertiary/aromatic N) is 1. The molecule has 7 nitrogen and oxygen atoms in total. The second-order valence-corrected chi connectivity index (χ2v) is 6.45. The van der Waals surface area contributed by atoms with Crippen molar-refractivity contribution in [3.05, 3.63) is 47.8 Å². The van der Waals surface area contributed by atoms with Crippen LogP contribution in [0.1, 0.15) is 30.8 Å². The summed E-state index contributed by atoms with van der Waals surface area (Å²) in [6, 6.07) is 11.3. The molecule has 1 amide bonds. The van der Waals surface area contributed by atoms with E-state index in [2.05, 4.69) is 15.3 Å². The smallest absolute Gasteiger partial charge is 0.220 e. The minimum atomic E-state index is -0.211. The number of aryl methyl sites for hydroxylation is 1. The summed E-state index contributed by atoms with van der Waals surface area (Å²) in [5, 5.41) is 3.01. The van der Waals surface area contributed by atoms with E-state index in [-0.39, 0.29) is 11.9 Å². The van der Waals surface area contributed by atoms with E-state index in [0.717, 1.165) is 22.4 Å². The molecule has 1 aromatic heterocycles. The Labute approximate surface area is 164 Å². The van der Waals surface area contributed by atoms with Crippen molar-refractivity contribution in [1.82, 2.24) is 15.3 Å². The lowest BCUT2D eigenvalue weighted by atomic mass is 10.1. The molecule has 1 heterocycles. The van der Waals surface area contributed by atoms with Crippen molar-refractivity contribution in [3.63, 3.8) is 0 Å². The minimum Gasteiger partial charge on any atom is -0.493 e. The zero-order chi connectivity index (χ0) is 20.1. The molecule has 28 heavy (non-hydrogen) atoms. The maximum absolute atomic E-state index is 12.4. The summed E-state index contributed by atoms with van der Waals surface area (Å²) in [5.74, 6) is 2.39. The molecule has 3 aromatic rings. The summed E-state index contributed by atoms with van der Waals surface area (Å²) in [6.45, 7) is 1.92. The molecule has 0 aliphatic carbocycles. The molecule has 7 heteroatoms. The Bertz CT molecular complexity index is 909. The van der Waals surface area contributed by atoms with Gasteiger partial charge in [-0.25, -0.2) is 4.98 Å². The normalized spacial score (nSPS) is 11.9. The van der Waals surface area contributed by atoms with Crippen molar-refractivity contribution < 1.29 is 19.0 Å². The zero-order valence-electron chi connectivity index (χ0n) is 16.5. The highest BCUT2D eigenvalue weighted by Gasteiger charge is 2.17. The fraction of sp³-hybridized carbons (Fsp3) is 0.333. The van der Waals surface area contributed by atoms with Crippen molar-refractivity contribution in [3.8, 4) is 17.2 Å². The molecule has 0 radical (unpaired) electrons. The number of hydrogen-bond acceptors (Lipinski definition) is 5. The lowest BCUT2D eigenvalue weighted by Crippen LogP contribution is -2.27. The molecule has 0 aliphatic heterocycles. The zero-order valence-corrected chi connectivity index (χ0v) is 16.5. The number of rotatable bonds is 8. The van der Waals surface area contributed by atoms with Crippen LogP contribution < -0.4 is 19.5 Å². The first-order chi connectivity index (χ1) is 13.5. The summed E-state index contributed by atoms with van der Waals surface area (Å²) in [4.78, 5) is 20.2. The number of amides is 1. The molecule has 0 fully saturated rings. The van der Waals surface area contributed by atoms with Crippen LogP contribution in [0.4, 0.5) is 0 Å².